The third-order valence-electron chi connectivity index (χ3n) is 5.47. The van der Waals surface area contributed by atoms with E-state index in [1.54, 1.807) is 54.6 Å². The van der Waals surface area contributed by atoms with Crippen LogP contribution >= 0.6 is 0 Å². The molecule has 1 atom stereocenters. The van der Waals surface area contributed by atoms with Gasteiger partial charge in [-0.2, -0.15) is 5.26 Å². The topological polar surface area (TPSA) is 94.6 Å². The largest absolute Gasteiger partial charge is 0.494 e. The van der Waals surface area contributed by atoms with Gasteiger partial charge in [-0.25, -0.2) is 9.18 Å². The van der Waals surface area contributed by atoms with E-state index in [1.165, 1.54) is 12.1 Å². The van der Waals surface area contributed by atoms with Crippen molar-refractivity contribution in [2.24, 2.45) is 5.73 Å². The number of carbonyl (C=O) groups is 1. The monoisotopic (exact) mass is 458 g/mol. The van der Waals surface area contributed by atoms with Crippen LogP contribution in [0.15, 0.2) is 78.2 Å². The minimum atomic E-state index is -0.736. The van der Waals surface area contributed by atoms with Gasteiger partial charge in [-0.3, -0.25) is 0 Å². The normalized spacial score (nSPS) is 14.6. The molecule has 6 nitrogen and oxygen atoms in total. The maximum Gasteiger partial charge on any atom is 0.343 e. The zero-order valence-corrected chi connectivity index (χ0v) is 18.6. The minimum Gasteiger partial charge on any atom is -0.494 e. The van der Waals surface area contributed by atoms with E-state index < -0.39 is 17.7 Å². The lowest BCUT2D eigenvalue weighted by Gasteiger charge is -2.27. The van der Waals surface area contributed by atoms with Crippen LogP contribution in [0.3, 0.4) is 0 Å². The Morgan fingerprint density at radius 2 is 1.82 bits per heavy atom. The van der Waals surface area contributed by atoms with Crippen molar-refractivity contribution in [3.05, 3.63) is 101 Å². The van der Waals surface area contributed by atoms with Crippen LogP contribution in [0, 0.1) is 17.1 Å². The SMILES string of the molecule is CCCCOc1ccc(C(=O)Oc2ccc3c(c2)OC(N)=C(C#N)[C@H]3c2ccccc2F)cc1. The number of hydrogen-bond acceptors (Lipinski definition) is 6. The van der Waals surface area contributed by atoms with Crippen LogP contribution < -0.4 is 19.9 Å². The van der Waals surface area contributed by atoms with Crippen LogP contribution in [0.5, 0.6) is 17.2 Å². The molecule has 0 spiro atoms. The zero-order valence-electron chi connectivity index (χ0n) is 18.6. The third-order valence-corrected chi connectivity index (χ3v) is 5.47. The summed E-state index contributed by atoms with van der Waals surface area (Å²) in [6.07, 6.45) is 1.99. The van der Waals surface area contributed by atoms with Gasteiger partial charge in [0.2, 0.25) is 5.88 Å². The number of hydrogen-bond donors (Lipinski definition) is 1. The summed E-state index contributed by atoms with van der Waals surface area (Å²) in [5.74, 6) is -0.671. The van der Waals surface area contributed by atoms with Crippen LogP contribution in [-0.2, 0) is 0 Å². The molecule has 172 valence electrons. The highest BCUT2D eigenvalue weighted by molar-refractivity contribution is 5.91. The number of benzene rings is 3. The Labute approximate surface area is 197 Å². The standard InChI is InChI=1S/C27H23FN2O4/c1-2-3-14-32-18-10-8-17(9-11-18)27(31)33-19-12-13-21-24(15-19)34-26(30)22(16-29)25(21)20-6-4-5-7-23(20)28/h4-13,15,25H,2-3,14,30H2,1H3/t25-/m0/s1. The smallest absolute Gasteiger partial charge is 0.343 e. The summed E-state index contributed by atoms with van der Waals surface area (Å²) in [4.78, 5) is 12.6. The summed E-state index contributed by atoms with van der Waals surface area (Å²) < 4.78 is 31.3. The van der Waals surface area contributed by atoms with Crippen molar-refractivity contribution in [3.8, 4) is 23.3 Å². The molecule has 0 aliphatic carbocycles. The van der Waals surface area contributed by atoms with Gasteiger partial charge in [0.1, 0.15) is 34.7 Å². The highest BCUT2D eigenvalue weighted by atomic mass is 19.1. The number of ether oxygens (including phenoxy) is 3. The molecule has 0 aromatic heterocycles. The summed E-state index contributed by atoms with van der Waals surface area (Å²) in [5.41, 5.74) is 7.30. The lowest BCUT2D eigenvalue weighted by atomic mass is 9.83. The summed E-state index contributed by atoms with van der Waals surface area (Å²) in [5, 5.41) is 9.62. The fourth-order valence-corrected chi connectivity index (χ4v) is 3.72. The second-order valence-corrected chi connectivity index (χ2v) is 7.76. The van der Waals surface area contributed by atoms with Crippen molar-refractivity contribution in [1.29, 1.82) is 5.26 Å². The van der Waals surface area contributed by atoms with Crippen LogP contribution in [-0.4, -0.2) is 12.6 Å². The predicted octanol–water partition coefficient (Wildman–Crippen LogP) is 5.44. The number of unbranched alkanes of at least 4 members (excludes halogenated alkanes) is 1. The van der Waals surface area contributed by atoms with Gasteiger partial charge in [-0.05, 0) is 42.8 Å². The van der Waals surface area contributed by atoms with E-state index in [-0.39, 0.29) is 23.0 Å². The molecule has 1 heterocycles. The number of nitrogens with zero attached hydrogens (tertiary/aromatic N) is 1. The Balaban J connectivity index is 1.56. The zero-order chi connectivity index (χ0) is 24.1. The summed E-state index contributed by atoms with van der Waals surface area (Å²) in [6.45, 7) is 2.70. The van der Waals surface area contributed by atoms with E-state index in [1.807, 2.05) is 6.07 Å². The first-order valence-electron chi connectivity index (χ1n) is 10.9. The molecule has 3 aromatic carbocycles. The first-order chi connectivity index (χ1) is 16.5. The lowest BCUT2D eigenvalue weighted by Crippen LogP contribution is -2.21. The maximum absolute atomic E-state index is 14.6. The van der Waals surface area contributed by atoms with Gasteiger partial charge >= 0.3 is 5.97 Å². The summed E-state index contributed by atoms with van der Waals surface area (Å²) >= 11 is 0. The van der Waals surface area contributed by atoms with E-state index in [0.29, 0.717) is 29.0 Å². The number of fused-ring (bicyclic) bond motifs is 1. The number of esters is 1. The molecule has 34 heavy (non-hydrogen) atoms. The van der Waals surface area contributed by atoms with Gasteiger partial charge in [0.25, 0.3) is 0 Å². The van der Waals surface area contributed by atoms with Gasteiger partial charge in [-0.15, -0.1) is 0 Å². The van der Waals surface area contributed by atoms with Crippen LogP contribution in [0.1, 0.15) is 47.2 Å². The molecular formula is C27H23FN2O4. The molecule has 7 heteroatoms. The fraction of sp³-hybridized carbons (Fsp3) is 0.185. The molecular weight excluding hydrogens is 435 g/mol. The maximum atomic E-state index is 14.6. The molecule has 1 aliphatic rings. The van der Waals surface area contributed by atoms with E-state index in [4.69, 9.17) is 19.9 Å². The van der Waals surface area contributed by atoms with Crippen molar-refractivity contribution in [2.75, 3.05) is 6.61 Å². The number of halogens is 1. The molecule has 0 unspecified atom stereocenters. The van der Waals surface area contributed by atoms with Crippen molar-refractivity contribution in [1.82, 2.24) is 0 Å². The number of rotatable bonds is 7. The fourth-order valence-electron chi connectivity index (χ4n) is 3.72. The first-order valence-corrected chi connectivity index (χ1v) is 10.9. The van der Waals surface area contributed by atoms with Crippen molar-refractivity contribution in [2.45, 2.75) is 25.7 Å². The van der Waals surface area contributed by atoms with Gasteiger partial charge in [0, 0.05) is 17.2 Å². The van der Waals surface area contributed by atoms with E-state index in [2.05, 4.69) is 6.92 Å². The minimum absolute atomic E-state index is 0.114. The second kappa shape index (κ2) is 10.1. The molecule has 2 N–H and O–H groups in total. The predicted molar refractivity (Wildman–Crippen MR) is 124 cm³/mol. The van der Waals surface area contributed by atoms with Crippen LogP contribution in [0.4, 0.5) is 4.39 Å². The van der Waals surface area contributed by atoms with Gasteiger partial charge < -0.3 is 19.9 Å². The average molecular weight is 458 g/mol. The molecule has 3 aromatic rings. The molecule has 0 amide bonds. The van der Waals surface area contributed by atoms with Gasteiger partial charge in [0.15, 0.2) is 0 Å². The van der Waals surface area contributed by atoms with E-state index in [0.717, 1.165) is 12.8 Å². The third kappa shape index (κ3) is 4.71. The number of carbonyl (C=O) groups excluding carboxylic acids is 1. The second-order valence-electron chi connectivity index (χ2n) is 7.76. The molecule has 0 radical (unpaired) electrons. The number of nitrogens with two attached hydrogens (primary N) is 1. The summed E-state index contributed by atoms with van der Waals surface area (Å²) in [6, 6.07) is 19.6. The molecule has 4 rings (SSSR count). The quantitative estimate of drug-likeness (QED) is 0.288. The first kappa shape index (κ1) is 22.9. The molecule has 1 aliphatic heterocycles. The molecule has 0 saturated heterocycles. The highest BCUT2D eigenvalue weighted by Crippen LogP contribution is 2.44. The number of nitriles is 1. The lowest BCUT2D eigenvalue weighted by molar-refractivity contribution is 0.0734. The Bertz CT molecular complexity index is 1280. The average Bonchev–Trinajstić information content (AvgIpc) is 2.84. The van der Waals surface area contributed by atoms with Gasteiger partial charge in [-0.1, -0.05) is 37.6 Å². The number of allylic oxidation sites excluding steroid dienone is 1. The van der Waals surface area contributed by atoms with Crippen molar-refractivity contribution >= 4 is 5.97 Å². The highest BCUT2D eigenvalue weighted by Gasteiger charge is 2.32. The molecule has 0 saturated carbocycles. The van der Waals surface area contributed by atoms with Gasteiger partial charge in [0.05, 0.1) is 18.1 Å². The Morgan fingerprint density at radius 1 is 1.09 bits per heavy atom. The van der Waals surface area contributed by atoms with Crippen molar-refractivity contribution < 1.29 is 23.4 Å². The van der Waals surface area contributed by atoms with Crippen LogP contribution in [0.25, 0.3) is 0 Å². The van der Waals surface area contributed by atoms with Crippen molar-refractivity contribution in [3.63, 3.8) is 0 Å². The summed E-state index contributed by atoms with van der Waals surface area (Å²) in [7, 11) is 0. The Hall–Kier alpha value is -4.31. The van der Waals surface area contributed by atoms with Crippen LogP contribution in [0.2, 0.25) is 0 Å². The van der Waals surface area contributed by atoms with E-state index in [9.17, 15) is 14.4 Å². The Morgan fingerprint density at radius 3 is 2.53 bits per heavy atom. The molecule has 0 bridgehead atoms. The molecule has 0 fully saturated rings. The van der Waals surface area contributed by atoms with E-state index >= 15 is 0 Å². The Kier molecular flexibility index (Phi) is 6.79.